The Bertz CT molecular complexity index is 1010. The molecule has 8 N–H and O–H groups in total. The van der Waals surface area contributed by atoms with Crippen LogP contribution in [0.1, 0.15) is 32.0 Å². The second-order valence-electron chi connectivity index (χ2n) is 8.93. The van der Waals surface area contributed by atoms with E-state index in [0.717, 1.165) is 0 Å². The quantitative estimate of drug-likeness (QED) is 0.183. The number of imidazole rings is 1. The number of benzene rings is 1. The van der Waals surface area contributed by atoms with Crippen LogP contribution in [-0.4, -0.2) is 74.1 Å². The lowest BCUT2D eigenvalue weighted by Gasteiger charge is -2.27. The molecule has 2 rings (SSSR count). The number of carbonyl (C=O) groups excluding carboxylic acids is 3. The number of carboxylic acids is 1. The molecule has 0 aliphatic carbocycles. The molecule has 3 amide bonds. The van der Waals surface area contributed by atoms with Crippen molar-refractivity contribution >= 4 is 23.7 Å². The zero-order chi connectivity index (χ0) is 26.8. The third kappa shape index (κ3) is 8.47. The van der Waals surface area contributed by atoms with E-state index < -0.39 is 59.9 Å². The number of rotatable bonds is 13. The van der Waals surface area contributed by atoms with Gasteiger partial charge in [-0.15, -0.1) is 0 Å². The van der Waals surface area contributed by atoms with Crippen LogP contribution in [0.5, 0.6) is 0 Å². The van der Waals surface area contributed by atoms with Crippen LogP contribution in [0.3, 0.4) is 0 Å². The van der Waals surface area contributed by atoms with Crippen LogP contribution >= 0.6 is 0 Å². The third-order valence-electron chi connectivity index (χ3n) is 5.54. The molecule has 1 heterocycles. The van der Waals surface area contributed by atoms with Crippen LogP contribution in [0.25, 0.3) is 0 Å². The Morgan fingerprint density at radius 1 is 0.944 bits per heavy atom. The minimum atomic E-state index is -1.41. The Morgan fingerprint density at radius 3 is 2.11 bits per heavy atom. The van der Waals surface area contributed by atoms with Gasteiger partial charge in [0.15, 0.2) is 0 Å². The van der Waals surface area contributed by atoms with Gasteiger partial charge in [-0.1, -0.05) is 44.2 Å². The van der Waals surface area contributed by atoms with E-state index in [1.54, 1.807) is 44.2 Å². The van der Waals surface area contributed by atoms with Crippen LogP contribution in [0, 0.1) is 5.92 Å². The molecule has 0 aliphatic heterocycles. The molecule has 196 valence electrons. The van der Waals surface area contributed by atoms with Gasteiger partial charge in [-0.2, -0.15) is 0 Å². The molecule has 0 bridgehead atoms. The van der Waals surface area contributed by atoms with Gasteiger partial charge >= 0.3 is 5.97 Å². The fraction of sp³-hybridized carbons (Fsp3) is 0.458. The highest BCUT2D eigenvalue weighted by Crippen LogP contribution is 2.08. The lowest BCUT2D eigenvalue weighted by molar-refractivity contribution is -0.143. The molecule has 0 saturated heterocycles. The summed E-state index contributed by atoms with van der Waals surface area (Å²) in [5.74, 6) is -3.82. The van der Waals surface area contributed by atoms with E-state index in [1.807, 2.05) is 0 Å². The molecule has 0 spiro atoms. The van der Waals surface area contributed by atoms with Gasteiger partial charge in [-0.25, -0.2) is 9.78 Å². The first-order valence-corrected chi connectivity index (χ1v) is 11.6. The maximum absolute atomic E-state index is 13.1. The number of carboxylic acid groups (broad SMARTS) is 1. The Labute approximate surface area is 209 Å². The summed E-state index contributed by atoms with van der Waals surface area (Å²) in [7, 11) is 0. The van der Waals surface area contributed by atoms with Gasteiger partial charge in [0.25, 0.3) is 0 Å². The monoisotopic (exact) mass is 502 g/mol. The molecule has 12 heteroatoms. The van der Waals surface area contributed by atoms with E-state index in [0.29, 0.717) is 11.3 Å². The van der Waals surface area contributed by atoms with E-state index in [1.165, 1.54) is 19.4 Å². The topological polar surface area (TPSA) is 200 Å². The van der Waals surface area contributed by atoms with Crippen LogP contribution < -0.4 is 21.7 Å². The molecule has 5 unspecified atom stereocenters. The van der Waals surface area contributed by atoms with Gasteiger partial charge in [0, 0.05) is 24.7 Å². The number of carbonyl (C=O) groups is 4. The number of hydrogen-bond acceptors (Lipinski definition) is 7. The molecule has 0 aliphatic rings. The lowest BCUT2D eigenvalue weighted by Crippen LogP contribution is -2.60. The number of aliphatic carboxylic acids is 1. The molecule has 5 atom stereocenters. The first-order chi connectivity index (χ1) is 17.0. The van der Waals surface area contributed by atoms with Crippen LogP contribution in [0.2, 0.25) is 0 Å². The molecule has 0 saturated carbocycles. The van der Waals surface area contributed by atoms with E-state index in [-0.39, 0.29) is 12.8 Å². The number of aromatic nitrogens is 2. The lowest BCUT2D eigenvalue weighted by atomic mass is 10.0. The van der Waals surface area contributed by atoms with Crippen molar-refractivity contribution in [2.24, 2.45) is 11.7 Å². The summed E-state index contributed by atoms with van der Waals surface area (Å²) in [5, 5.41) is 27.1. The summed E-state index contributed by atoms with van der Waals surface area (Å²) in [5.41, 5.74) is 7.26. The Hall–Kier alpha value is -3.77. The summed E-state index contributed by atoms with van der Waals surface area (Å²) in [6.07, 6.45) is 1.84. The largest absolute Gasteiger partial charge is 0.480 e. The predicted octanol–water partition coefficient (Wildman–Crippen LogP) is -0.902. The fourth-order valence-corrected chi connectivity index (χ4v) is 3.48. The van der Waals surface area contributed by atoms with E-state index >= 15 is 0 Å². The molecule has 36 heavy (non-hydrogen) atoms. The molecule has 2 aromatic rings. The average molecular weight is 503 g/mol. The van der Waals surface area contributed by atoms with E-state index in [2.05, 4.69) is 25.9 Å². The average Bonchev–Trinajstić information content (AvgIpc) is 3.33. The fourth-order valence-electron chi connectivity index (χ4n) is 3.48. The normalized spacial score (nSPS) is 15.3. The first-order valence-electron chi connectivity index (χ1n) is 11.6. The molecule has 0 fully saturated rings. The second kappa shape index (κ2) is 13.4. The Balaban J connectivity index is 2.17. The number of hydrogen-bond donors (Lipinski definition) is 7. The summed E-state index contributed by atoms with van der Waals surface area (Å²) in [6.45, 7) is 4.61. The van der Waals surface area contributed by atoms with Crippen LogP contribution in [0.15, 0.2) is 42.9 Å². The highest BCUT2D eigenvalue weighted by Gasteiger charge is 2.33. The molecule has 1 aromatic carbocycles. The molecular weight excluding hydrogens is 468 g/mol. The van der Waals surface area contributed by atoms with Crippen LogP contribution in [-0.2, 0) is 32.0 Å². The summed E-state index contributed by atoms with van der Waals surface area (Å²) in [4.78, 5) is 57.0. The maximum atomic E-state index is 13.1. The highest BCUT2D eigenvalue weighted by atomic mass is 16.4. The molecule has 1 aromatic heterocycles. The number of nitrogens with two attached hydrogens (primary N) is 1. The molecule has 0 radical (unpaired) electrons. The molecular formula is C24H34N6O6. The summed E-state index contributed by atoms with van der Waals surface area (Å²) in [6, 6.07) is 4.07. The van der Waals surface area contributed by atoms with Crippen LogP contribution in [0.4, 0.5) is 0 Å². The van der Waals surface area contributed by atoms with E-state index in [9.17, 15) is 29.4 Å². The summed E-state index contributed by atoms with van der Waals surface area (Å²) >= 11 is 0. The van der Waals surface area contributed by atoms with Crippen molar-refractivity contribution in [3.8, 4) is 0 Å². The van der Waals surface area contributed by atoms with Crippen molar-refractivity contribution < 1.29 is 29.4 Å². The van der Waals surface area contributed by atoms with Gasteiger partial charge in [0.2, 0.25) is 17.7 Å². The zero-order valence-corrected chi connectivity index (χ0v) is 20.5. The number of aliphatic hydroxyl groups excluding tert-OH is 1. The van der Waals surface area contributed by atoms with Gasteiger partial charge in [-0.05, 0) is 18.4 Å². The number of amides is 3. The standard InChI is InChI=1S/C24H34N6O6/c1-13(2)19(24(35)36)29-22(33)18(9-15-7-5-4-6-8-15)28-23(34)20(14(3)31)30-21(32)17(25)10-16-11-26-12-27-16/h4-8,11-14,17-20,31H,9-10,25H2,1-3H3,(H,26,27)(H,28,34)(H,29,33)(H,30,32)(H,35,36). The maximum Gasteiger partial charge on any atom is 0.326 e. The smallest absolute Gasteiger partial charge is 0.326 e. The first kappa shape index (κ1) is 28.5. The summed E-state index contributed by atoms with van der Waals surface area (Å²) < 4.78 is 0. The number of aliphatic hydroxyl groups is 1. The van der Waals surface area contributed by atoms with Gasteiger partial charge < -0.3 is 36.9 Å². The zero-order valence-electron chi connectivity index (χ0n) is 20.5. The van der Waals surface area contributed by atoms with Crippen molar-refractivity contribution in [1.82, 2.24) is 25.9 Å². The van der Waals surface area contributed by atoms with Gasteiger partial charge in [0.05, 0.1) is 18.5 Å². The van der Waals surface area contributed by atoms with E-state index in [4.69, 9.17) is 5.73 Å². The SMILES string of the molecule is CC(C)C(NC(=O)C(Cc1ccccc1)NC(=O)C(NC(=O)C(N)Cc1cnc[nH]1)C(C)O)C(=O)O. The number of aromatic amines is 1. The number of H-pyrrole nitrogens is 1. The minimum Gasteiger partial charge on any atom is -0.480 e. The minimum absolute atomic E-state index is 0.0582. The van der Waals surface area contributed by atoms with Crippen molar-refractivity contribution in [2.45, 2.75) is 63.9 Å². The van der Waals surface area contributed by atoms with Crippen molar-refractivity contribution in [2.75, 3.05) is 0 Å². The number of nitrogens with one attached hydrogen (secondary N) is 4. The van der Waals surface area contributed by atoms with Crippen molar-refractivity contribution in [1.29, 1.82) is 0 Å². The second-order valence-corrected chi connectivity index (χ2v) is 8.93. The molecule has 12 nitrogen and oxygen atoms in total. The van der Waals surface area contributed by atoms with Gasteiger partial charge in [0.1, 0.15) is 18.1 Å². The van der Waals surface area contributed by atoms with Gasteiger partial charge in [-0.3, -0.25) is 14.4 Å². The van der Waals surface area contributed by atoms with Crippen molar-refractivity contribution in [3.05, 3.63) is 54.1 Å². The van der Waals surface area contributed by atoms with Crippen molar-refractivity contribution in [3.63, 3.8) is 0 Å². The third-order valence-corrected chi connectivity index (χ3v) is 5.54. The highest BCUT2D eigenvalue weighted by molar-refractivity contribution is 5.94. The predicted molar refractivity (Wildman–Crippen MR) is 130 cm³/mol. The Kier molecular flexibility index (Phi) is 10.6. The Morgan fingerprint density at radius 2 is 1.58 bits per heavy atom. The number of nitrogens with zero attached hydrogens (tertiary/aromatic N) is 1.